The second-order valence-corrected chi connectivity index (χ2v) is 12.9. The molecule has 2 heterocycles. The van der Waals surface area contributed by atoms with Crippen LogP contribution in [-0.2, 0) is 28.5 Å². The summed E-state index contributed by atoms with van der Waals surface area (Å²) in [6, 6.07) is 0. The molecule has 5 aliphatic rings. The molecule has 8 nitrogen and oxygen atoms in total. The van der Waals surface area contributed by atoms with Crippen LogP contribution in [0.25, 0.3) is 0 Å². The minimum absolute atomic E-state index is 0.0197. The Labute approximate surface area is 231 Å². The Morgan fingerprint density at radius 1 is 1.14 bits per heavy atom. The first kappa shape index (κ1) is 27.3. The molecular weight excluding hydrogens is 591 g/mol. The summed E-state index contributed by atoms with van der Waals surface area (Å²) >= 11 is 2.34. The Balaban J connectivity index is 1.51. The lowest BCUT2D eigenvalue weighted by Crippen LogP contribution is -2.64. The SMILES string of the molecule is CC1CCOC(CO)/C=C/C=C\C(=O)O[C@@H]2C[C@H]3OC4C=C(I)CC[C@]4(COC(=O)[C@@H]1O)[C@]2(C)C31CC1. The summed E-state index contributed by atoms with van der Waals surface area (Å²) < 4.78 is 25.6. The van der Waals surface area contributed by atoms with Crippen molar-refractivity contribution in [2.24, 2.45) is 22.2 Å². The third-order valence-corrected chi connectivity index (χ3v) is 10.7. The van der Waals surface area contributed by atoms with Crippen LogP contribution in [0.2, 0.25) is 0 Å². The van der Waals surface area contributed by atoms with Gasteiger partial charge in [0, 0.05) is 35.3 Å². The fourth-order valence-corrected chi connectivity index (χ4v) is 7.90. The van der Waals surface area contributed by atoms with E-state index in [2.05, 4.69) is 35.6 Å². The number of rotatable bonds is 1. The average molecular weight is 629 g/mol. The minimum Gasteiger partial charge on any atom is -0.463 e. The molecule has 3 unspecified atom stereocenters. The van der Waals surface area contributed by atoms with Crippen LogP contribution in [0, 0.1) is 22.2 Å². The van der Waals surface area contributed by atoms with Crippen LogP contribution >= 0.6 is 22.6 Å². The molecule has 3 aliphatic carbocycles. The van der Waals surface area contributed by atoms with E-state index in [0.717, 1.165) is 25.7 Å². The first-order chi connectivity index (χ1) is 17.7. The number of allylic oxidation sites excluding steroid dienone is 3. The molecule has 3 fully saturated rings. The first-order valence-electron chi connectivity index (χ1n) is 13.3. The van der Waals surface area contributed by atoms with Gasteiger partial charge in [-0.15, -0.1) is 0 Å². The number of aliphatic hydroxyl groups is 2. The molecule has 37 heavy (non-hydrogen) atoms. The Kier molecular flexibility index (Phi) is 7.65. The van der Waals surface area contributed by atoms with E-state index in [1.54, 1.807) is 25.2 Å². The lowest BCUT2D eigenvalue weighted by Gasteiger charge is -2.59. The Morgan fingerprint density at radius 2 is 1.92 bits per heavy atom. The molecule has 0 aromatic heterocycles. The first-order valence-corrected chi connectivity index (χ1v) is 14.4. The normalized spacial score (nSPS) is 45.5. The zero-order valence-corrected chi connectivity index (χ0v) is 23.6. The van der Waals surface area contributed by atoms with Crippen LogP contribution in [0.3, 0.4) is 0 Å². The van der Waals surface area contributed by atoms with Gasteiger partial charge in [-0.2, -0.15) is 0 Å². The number of hydrogen-bond donors (Lipinski definition) is 2. The second kappa shape index (κ2) is 10.4. The number of aliphatic hydroxyl groups excluding tert-OH is 2. The maximum Gasteiger partial charge on any atom is 0.335 e. The summed E-state index contributed by atoms with van der Waals surface area (Å²) in [6.07, 6.45) is 10.6. The monoisotopic (exact) mass is 628 g/mol. The van der Waals surface area contributed by atoms with Gasteiger partial charge in [0.05, 0.1) is 24.9 Å². The predicted molar refractivity (Wildman–Crippen MR) is 143 cm³/mol. The lowest BCUT2D eigenvalue weighted by molar-refractivity contribution is -0.238. The van der Waals surface area contributed by atoms with E-state index in [1.807, 2.05) is 0 Å². The number of hydrogen-bond acceptors (Lipinski definition) is 8. The molecule has 5 rings (SSSR count). The molecule has 2 saturated carbocycles. The molecule has 9 heteroatoms. The van der Waals surface area contributed by atoms with Crippen molar-refractivity contribution in [2.45, 2.75) is 82.9 Å². The van der Waals surface area contributed by atoms with E-state index >= 15 is 0 Å². The number of carbonyl (C=O) groups is 2. The van der Waals surface area contributed by atoms with Gasteiger partial charge in [-0.25, -0.2) is 9.59 Å². The van der Waals surface area contributed by atoms with Crippen molar-refractivity contribution in [3.63, 3.8) is 0 Å². The molecule has 0 aromatic rings. The standard InChI is InChI=1S/C28H37IO8/c1-17-8-12-34-19(15-30)5-3-4-6-23(31)37-20-14-22-27(10-11-27)26(20,2)28(16-35-25(33)24(17)32)9-7-18(29)13-21(28)36-22/h3-6,13,17,19-22,24,30,32H,7-12,14-16H2,1-2H3/b5-3+,6-4-/t17?,19?,20-,21?,22-,24-,26+,28-/m1/s1. The van der Waals surface area contributed by atoms with Crippen molar-refractivity contribution in [2.75, 3.05) is 19.8 Å². The van der Waals surface area contributed by atoms with Crippen LogP contribution in [0.5, 0.6) is 0 Å². The number of carbonyl (C=O) groups excluding carboxylic acids is 2. The quantitative estimate of drug-likeness (QED) is 0.336. The van der Waals surface area contributed by atoms with E-state index in [0.29, 0.717) is 12.8 Å². The number of halogens is 1. The number of ether oxygens (including phenoxy) is 4. The second-order valence-electron chi connectivity index (χ2n) is 11.5. The van der Waals surface area contributed by atoms with Gasteiger partial charge >= 0.3 is 11.9 Å². The maximum atomic E-state index is 13.1. The molecule has 0 amide bonds. The summed E-state index contributed by atoms with van der Waals surface area (Å²) in [5.74, 6) is -1.47. The topological polar surface area (TPSA) is 112 Å². The molecule has 8 atom stereocenters. The summed E-state index contributed by atoms with van der Waals surface area (Å²) in [5, 5.41) is 20.3. The third-order valence-electron chi connectivity index (χ3n) is 9.81. The van der Waals surface area contributed by atoms with E-state index in [1.165, 1.54) is 9.66 Å². The fourth-order valence-electron chi connectivity index (χ4n) is 7.30. The highest BCUT2D eigenvalue weighted by Crippen LogP contribution is 2.79. The highest BCUT2D eigenvalue weighted by molar-refractivity contribution is 14.1. The highest BCUT2D eigenvalue weighted by atomic mass is 127. The molecular formula is C28H37IO8. The molecule has 2 N–H and O–H groups in total. The summed E-state index contributed by atoms with van der Waals surface area (Å²) in [5.41, 5.74) is -1.13. The van der Waals surface area contributed by atoms with Gasteiger partial charge in [0.1, 0.15) is 12.7 Å². The average Bonchev–Trinajstić information content (AvgIpc) is 3.66. The Hall–Kier alpha value is -1.27. The predicted octanol–water partition coefficient (Wildman–Crippen LogP) is 3.39. The van der Waals surface area contributed by atoms with Crippen molar-refractivity contribution < 1.29 is 38.7 Å². The molecule has 0 aromatic carbocycles. The van der Waals surface area contributed by atoms with E-state index in [9.17, 15) is 19.8 Å². The number of cyclic esters (lactones) is 1. The van der Waals surface area contributed by atoms with Crippen LogP contribution in [0.15, 0.2) is 34.0 Å². The maximum absolute atomic E-state index is 13.1. The molecule has 2 spiro atoms. The van der Waals surface area contributed by atoms with Gasteiger partial charge < -0.3 is 29.2 Å². The third kappa shape index (κ3) is 4.52. The van der Waals surface area contributed by atoms with E-state index < -0.39 is 35.0 Å². The number of esters is 2. The summed E-state index contributed by atoms with van der Waals surface area (Å²) in [7, 11) is 0. The molecule has 1 saturated heterocycles. The van der Waals surface area contributed by atoms with Crippen LogP contribution in [0.4, 0.5) is 0 Å². The summed E-state index contributed by atoms with van der Waals surface area (Å²) in [4.78, 5) is 26.0. The van der Waals surface area contributed by atoms with Gasteiger partial charge in [0.25, 0.3) is 0 Å². The van der Waals surface area contributed by atoms with Crippen LogP contribution in [0.1, 0.15) is 52.4 Å². The van der Waals surface area contributed by atoms with Gasteiger partial charge in [-0.1, -0.05) is 32.1 Å². The lowest BCUT2D eigenvalue weighted by atomic mass is 9.50. The van der Waals surface area contributed by atoms with Crippen molar-refractivity contribution >= 4 is 34.5 Å². The molecule has 2 aliphatic heterocycles. The van der Waals surface area contributed by atoms with Crippen LogP contribution in [-0.4, -0.2) is 72.5 Å². The zero-order chi connectivity index (χ0) is 26.4. The van der Waals surface area contributed by atoms with Gasteiger partial charge in [-0.3, -0.25) is 0 Å². The molecule has 2 bridgehead atoms. The largest absolute Gasteiger partial charge is 0.463 e. The smallest absolute Gasteiger partial charge is 0.335 e. The minimum atomic E-state index is -1.29. The van der Waals surface area contributed by atoms with E-state index in [4.69, 9.17) is 18.9 Å². The molecule has 0 radical (unpaired) electrons. The molecule has 204 valence electrons. The Bertz CT molecular complexity index is 1000. The van der Waals surface area contributed by atoms with Crippen molar-refractivity contribution in [1.29, 1.82) is 0 Å². The Morgan fingerprint density at radius 3 is 2.65 bits per heavy atom. The van der Waals surface area contributed by atoms with E-state index in [-0.39, 0.29) is 49.5 Å². The van der Waals surface area contributed by atoms with Gasteiger partial charge in [0.2, 0.25) is 0 Å². The summed E-state index contributed by atoms with van der Waals surface area (Å²) in [6.45, 7) is 4.11. The highest BCUT2D eigenvalue weighted by Gasteiger charge is 2.81. The van der Waals surface area contributed by atoms with Crippen molar-refractivity contribution in [3.05, 3.63) is 34.0 Å². The van der Waals surface area contributed by atoms with Gasteiger partial charge in [0.15, 0.2) is 6.10 Å². The zero-order valence-electron chi connectivity index (χ0n) is 21.4. The van der Waals surface area contributed by atoms with Crippen molar-refractivity contribution in [3.8, 4) is 0 Å². The van der Waals surface area contributed by atoms with Crippen molar-refractivity contribution in [1.82, 2.24) is 0 Å². The fraction of sp³-hybridized carbons (Fsp3) is 0.714. The van der Waals surface area contributed by atoms with Crippen LogP contribution < -0.4 is 0 Å². The van der Waals surface area contributed by atoms with Gasteiger partial charge in [-0.05, 0) is 70.3 Å².